The Hall–Kier alpha value is -2.63. The van der Waals surface area contributed by atoms with Crippen LogP contribution >= 0.6 is 22.7 Å². The zero-order chi connectivity index (χ0) is 17.6. The van der Waals surface area contributed by atoms with Crippen molar-refractivity contribution in [2.24, 2.45) is 4.99 Å². The minimum Gasteiger partial charge on any atom is -0.454 e. The molecule has 0 N–H and O–H groups in total. The third-order valence-corrected chi connectivity index (χ3v) is 5.82. The van der Waals surface area contributed by atoms with E-state index in [2.05, 4.69) is 15.9 Å². The molecule has 3 heterocycles. The van der Waals surface area contributed by atoms with Gasteiger partial charge in [-0.1, -0.05) is 17.3 Å². The summed E-state index contributed by atoms with van der Waals surface area (Å²) >= 11 is 2.74. The highest BCUT2D eigenvalue weighted by Crippen LogP contribution is 2.37. The van der Waals surface area contributed by atoms with Crippen molar-refractivity contribution in [1.82, 2.24) is 9.55 Å². The molecule has 0 saturated carbocycles. The summed E-state index contributed by atoms with van der Waals surface area (Å²) in [6.07, 6.45) is 5.51. The van der Waals surface area contributed by atoms with Crippen LogP contribution < -0.4 is 14.3 Å². The maximum atomic E-state index is 12.6. The number of benzene rings is 1. The van der Waals surface area contributed by atoms with Crippen LogP contribution in [0.15, 0.2) is 17.1 Å². The van der Waals surface area contributed by atoms with Gasteiger partial charge in [0.1, 0.15) is 4.88 Å². The third-order valence-electron chi connectivity index (χ3n) is 3.72. The number of thiazole rings is 2. The van der Waals surface area contributed by atoms with Gasteiger partial charge in [-0.15, -0.1) is 17.8 Å². The first-order valence-electron chi connectivity index (χ1n) is 7.46. The molecule has 2 aromatic heterocycles. The molecule has 1 aliphatic rings. The highest BCUT2D eigenvalue weighted by molar-refractivity contribution is 7.16. The first-order valence-corrected chi connectivity index (χ1v) is 9.09. The molecule has 0 saturated heterocycles. The molecule has 3 aromatic rings. The standard InChI is InChI=1S/C17H13N3O3S2/c1-4-5-20-11-6-12-13(23-8-22-12)7-14(11)25-17(20)19-16(21)15-9(2)18-10(3)24-15/h1,6-7H,5,8H2,2-3H3. The lowest BCUT2D eigenvalue weighted by atomic mass is 10.3. The molecule has 0 fully saturated rings. The largest absolute Gasteiger partial charge is 0.454 e. The van der Waals surface area contributed by atoms with Crippen molar-refractivity contribution in [2.75, 3.05) is 6.79 Å². The van der Waals surface area contributed by atoms with Gasteiger partial charge in [-0.05, 0) is 13.8 Å². The highest BCUT2D eigenvalue weighted by atomic mass is 32.1. The number of ether oxygens (including phenoxy) is 2. The Balaban J connectivity index is 1.89. The number of carbonyl (C=O) groups excluding carboxylic acids is 1. The monoisotopic (exact) mass is 371 g/mol. The Morgan fingerprint density at radius 1 is 1.36 bits per heavy atom. The number of aryl methyl sites for hydroxylation is 2. The maximum absolute atomic E-state index is 12.6. The van der Waals surface area contributed by atoms with Gasteiger partial charge in [0.25, 0.3) is 5.91 Å². The number of amides is 1. The van der Waals surface area contributed by atoms with E-state index in [1.807, 2.05) is 30.5 Å². The van der Waals surface area contributed by atoms with Gasteiger partial charge in [0.2, 0.25) is 6.79 Å². The second-order valence-corrected chi connectivity index (χ2v) is 7.62. The first kappa shape index (κ1) is 15.9. The average Bonchev–Trinajstić information content (AvgIpc) is 3.24. The van der Waals surface area contributed by atoms with Gasteiger partial charge in [-0.2, -0.15) is 4.99 Å². The molecule has 126 valence electrons. The van der Waals surface area contributed by atoms with Crippen molar-refractivity contribution in [3.05, 3.63) is 32.5 Å². The van der Waals surface area contributed by atoms with Crippen molar-refractivity contribution in [3.8, 4) is 23.8 Å². The van der Waals surface area contributed by atoms with Crippen LogP contribution in [0.5, 0.6) is 11.5 Å². The second kappa shape index (κ2) is 6.02. The molecule has 0 spiro atoms. The lowest BCUT2D eigenvalue weighted by Crippen LogP contribution is -2.16. The summed E-state index contributed by atoms with van der Waals surface area (Å²) in [6, 6.07) is 3.76. The minimum absolute atomic E-state index is 0.210. The van der Waals surface area contributed by atoms with Crippen molar-refractivity contribution >= 4 is 38.8 Å². The van der Waals surface area contributed by atoms with E-state index in [1.54, 1.807) is 0 Å². The lowest BCUT2D eigenvalue weighted by Gasteiger charge is -2.01. The highest BCUT2D eigenvalue weighted by Gasteiger charge is 2.18. The van der Waals surface area contributed by atoms with Gasteiger partial charge in [0.15, 0.2) is 16.3 Å². The molecule has 0 atom stereocenters. The first-order chi connectivity index (χ1) is 12.1. The number of aromatic nitrogens is 2. The predicted molar refractivity (Wildman–Crippen MR) is 96.3 cm³/mol. The Bertz CT molecular complexity index is 1110. The molecule has 25 heavy (non-hydrogen) atoms. The van der Waals surface area contributed by atoms with Crippen molar-refractivity contribution in [1.29, 1.82) is 0 Å². The van der Waals surface area contributed by atoms with Crippen molar-refractivity contribution in [2.45, 2.75) is 20.4 Å². The van der Waals surface area contributed by atoms with Crippen LogP contribution in [0.3, 0.4) is 0 Å². The molecular formula is C17H13N3O3S2. The summed E-state index contributed by atoms with van der Waals surface area (Å²) in [6.45, 7) is 4.20. The molecule has 1 aliphatic heterocycles. The zero-order valence-corrected chi connectivity index (χ0v) is 15.2. The lowest BCUT2D eigenvalue weighted by molar-refractivity contribution is 0.100. The molecular weight excluding hydrogens is 358 g/mol. The number of nitrogens with zero attached hydrogens (tertiary/aromatic N) is 3. The van der Waals surface area contributed by atoms with Gasteiger partial charge >= 0.3 is 0 Å². The molecule has 4 rings (SSSR count). The Kier molecular flexibility index (Phi) is 3.82. The van der Waals surface area contributed by atoms with Crippen LogP contribution in [0, 0.1) is 26.2 Å². The van der Waals surface area contributed by atoms with E-state index in [-0.39, 0.29) is 12.7 Å². The number of rotatable bonds is 2. The number of carbonyl (C=O) groups is 1. The van der Waals surface area contributed by atoms with Crippen LogP contribution in [0.25, 0.3) is 10.2 Å². The smallest absolute Gasteiger partial charge is 0.291 e. The van der Waals surface area contributed by atoms with Gasteiger partial charge in [-0.3, -0.25) is 4.79 Å². The van der Waals surface area contributed by atoms with Gasteiger partial charge in [0, 0.05) is 12.1 Å². The molecule has 8 heteroatoms. The fourth-order valence-electron chi connectivity index (χ4n) is 2.66. The van der Waals surface area contributed by atoms with Gasteiger partial charge < -0.3 is 14.0 Å². The van der Waals surface area contributed by atoms with Crippen LogP contribution in [0.2, 0.25) is 0 Å². The van der Waals surface area contributed by atoms with E-state index >= 15 is 0 Å². The molecule has 1 amide bonds. The molecule has 0 unspecified atom stereocenters. The van der Waals surface area contributed by atoms with E-state index in [0.717, 1.165) is 15.2 Å². The van der Waals surface area contributed by atoms with E-state index in [9.17, 15) is 4.79 Å². The van der Waals surface area contributed by atoms with Gasteiger partial charge in [-0.25, -0.2) is 4.98 Å². The van der Waals surface area contributed by atoms with Gasteiger partial charge in [0.05, 0.1) is 27.5 Å². The second-order valence-electron chi connectivity index (χ2n) is 5.41. The van der Waals surface area contributed by atoms with Crippen LogP contribution in [-0.4, -0.2) is 22.3 Å². The number of terminal acetylenes is 1. The summed E-state index contributed by atoms with van der Waals surface area (Å²) < 4.78 is 13.6. The number of hydrogen-bond acceptors (Lipinski definition) is 6. The van der Waals surface area contributed by atoms with Crippen molar-refractivity contribution in [3.63, 3.8) is 0 Å². The third kappa shape index (κ3) is 2.71. The van der Waals surface area contributed by atoms with Crippen molar-refractivity contribution < 1.29 is 14.3 Å². The predicted octanol–water partition coefficient (Wildman–Crippen LogP) is 2.88. The Morgan fingerprint density at radius 2 is 2.12 bits per heavy atom. The van der Waals surface area contributed by atoms with E-state index in [1.165, 1.54) is 22.7 Å². The normalized spacial score (nSPS) is 13.4. The van der Waals surface area contributed by atoms with Crippen LogP contribution in [0.1, 0.15) is 20.4 Å². The van der Waals surface area contributed by atoms with E-state index in [0.29, 0.717) is 33.4 Å². The average molecular weight is 371 g/mol. The Labute approximate surface area is 151 Å². The topological polar surface area (TPSA) is 65.7 Å². The summed E-state index contributed by atoms with van der Waals surface area (Å²) in [4.78, 5) is 22.3. The summed E-state index contributed by atoms with van der Waals surface area (Å²) in [5, 5.41) is 0.842. The summed E-state index contributed by atoms with van der Waals surface area (Å²) in [5.41, 5.74) is 1.57. The fraction of sp³-hybridized carbons (Fsp3) is 0.235. The zero-order valence-electron chi connectivity index (χ0n) is 13.5. The molecule has 6 nitrogen and oxygen atoms in total. The van der Waals surface area contributed by atoms with E-state index in [4.69, 9.17) is 15.9 Å². The summed E-state index contributed by atoms with van der Waals surface area (Å²) in [7, 11) is 0. The van der Waals surface area contributed by atoms with Crippen LogP contribution in [-0.2, 0) is 6.54 Å². The number of fused-ring (bicyclic) bond motifs is 2. The maximum Gasteiger partial charge on any atom is 0.291 e. The molecule has 0 aliphatic carbocycles. The summed E-state index contributed by atoms with van der Waals surface area (Å²) in [5.74, 6) is 3.67. The molecule has 1 aromatic carbocycles. The van der Waals surface area contributed by atoms with E-state index < -0.39 is 0 Å². The molecule has 0 radical (unpaired) electrons. The minimum atomic E-state index is -0.305. The Morgan fingerprint density at radius 3 is 2.80 bits per heavy atom. The molecule has 0 bridgehead atoms. The van der Waals surface area contributed by atoms with Crippen LogP contribution in [0.4, 0.5) is 0 Å². The SMILES string of the molecule is C#CCn1c(=NC(=O)c2sc(C)nc2C)sc2cc3c(cc21)OCO3. The number of hydrogen-bond donors (Lipinski definition) is 0. The fourth-order valence-corrected chi connectivity index (χ4v) is 4.50. The quantitative estimate of drug-likeness (QED) is 0.650.